The summed E-state index contributed by atoms with van der Waals surface area (Å²) < 4.78 is 0. The molecule has 0 unspecified atom stereocenters. The van der Waals surface area contributed by atoms with Gasteiger partial charge in [0.2, 0.25) is 0 Å². The summed E-state index contributed by atoms with van der Waals surface area (Å²) in [5, 5.41) is 20.0. The zero-order chi connectivity index (χ0) is 13.1. The number of hydrogen-bond donors (Lipinski definition) is 1. The van der Waals surface area contributed by atoms with Crippen LogP contribution in [0.25, 0.3) is 10.8 Å². The molecule has 0 aliphatic heterocycles. The Bertz CT molecular complexity index is 736. The van der Waals surface area contributed by atoms with E-state index in [0.717, 1.165) is 16.5 Å². The molecule has 0 bridgehead atoms. The van der Waals surface area contributed by atoms with Crippen LogP contribution >= 0.6 is 0 Å². The van der Waals surface area contributed by atoms with Gasteiger partial charge in [0.1, 0.15) is 5.75 Å². The maximum atomic E-state index is 9.71. The minimum absolute atomic E-state index is 0.195. The van der Waals surface area contributed by atoms with Crippen molar-refractivity contribution in [3.8, 4) is 5.75 Å². The summed E-state index contributed by atoms with van der Waals surface area (Å²) in [7, 11) is 0. The van der Waals surface area contributed by atoms with Crippen LogP contribution in [0.1, 0.15) is 0 Å². The lowest BCUT2D eigenvalue weighted by molar-refractivity contribution is 0.476. The number of azo groups is 1. The maximum absolute atomic E-state index is 9.71. The fourth-order valence-corrected chi connectivity index (χ4v) is 1.96. The highest BCUT2D eigenvalue weighted by molar-refractivity contribution is 5.93. The van der Waals surface area contributed by atoms with E-state index in [4.69, 9.17) is 0 Å². The Morgan fingerprint density at radius 2 is 1.47 bits per heavy atom. The molecular weight excluding hydrogens is 236 g/mol. The van der Waals surface area contributed by atoms with Gasteiger partial charge < -0.3 is 5.11 Å². The molecule has 0 aliphatic carbocycles. The average molecular weight is 248 g/mol. The molecule has 0 saturated carbocycles. The van der Waals surface area contributed by atoms with Crippen molar-refractivity contribution in [3.05, 3.63) is 66.7 Å². The third-order valence-electron chi connectivity index (χ3n) is 2.85. The van der Waals surface area contributed by atoms with E-state index >= 15 is 0 Å². The summed E-state index contributed by atoms with van der Waals surface area (Å²) in [6, 6.07) is 20.6. The average Bonchev–Trinajstić information content (AvgIpc) is 2.45. The molecule has 3 aromatic rings. The number of nitrogens with zero attached hydrogens (tertiary/aromatic N) is 2. The molecule has 0 heterocycles. The zero-order valence-electron chi connectivity index (χ0n) is 10.2. The van der Waals surface area contributed by atoms with Gasteiger partial charge >= 0.3 is 0 Å². The van der Waals surface area contributed by atoms with Crippen molar-refractivity contribution in [3.63, 3.8) is 0 Å². The Balaban J connectivity index is 2.08. The highest BCUT2D eigenvalue weighted by atomic mass is 16.3. The fraction of sp³-hybridized carbons (Fsp3) is 0. The Hall–Kier alpha value is -2.68. The monoisotopic (exact) mass is 248 g/mol. The molecule has 0 fully saturated rings. The fourth-order valence-electron chi connectivity index (χ4n) is 1.96. The summed E-state index contributed by atoms with van der Waals surface area (Å²) in [4.78, 5) is 0. The first-order chi connectivity index (χ1) is 9.33. The maximum Gasteiger partial charge on any atom is 0.118 e. The molecule has 0 spiro atoms. The SMILES string of the molecule is Oc1cc(N=Nc2ccccc2)c2ccccc2c1. The second kappa shape index (κ2) is 4.90. The number of benzene rings is 3. The lowest BCUT2D eigenvalue weighted by atomic mass is 10.1. The molecule has 0 saturated heterocycles. The highest BCUT2D eigenvalue weighted by Crippen LogP contribution is 2.31. The molecule has 3 heteroatoms. The van der Waals surface area contributed by atoms with E-state index in [-0.39, 0.29) is 5.75 Å². The molecule has 3 nitrogen and oxygen atoms in total. The molecule has 0 amide bonds. The third kappa shape index (κ3) is 2.45. The number of aromatic hydroxyl groups is 1. The molecule has 1 N–H and O–H groups in total. The molecular formula is C16H12N2O. The lowest BCUT2D eigenvalue weighted by Gasteiger charge is -2.02. The van der Waals surface area contributed by atoms with Gasteiger partial charge in [0.25, 0.3) is 0 Å². The van der Waals surface area contributed by atoms with Crippen LogP contribution in [0.4, 0.5) is 11.4 Å². The van der Waals surface area contributed by atoms with Gasteiger partial charge in [-0.1, -0.05) is 42.5 Å². The Kier molecular flexibility index (Phi) is 2.94. The van der Waals surface area contributed by atoms with Crippen molar-refractivity contribution in [2.75, 3.05) is 0 Å². The van der Waals surface area contributed by atoms with Crippen molar-refractivity contribution in [1.29, 1.82) is 0 Å². The first-order valence-electron chi connectivity index (χ1n) is 6.01. The van der Waals surface area contributed by atoms with Gasteiger partial charge in [-0.25, -0.2) is 0 Å². The summed E-state index contributed by atoms with van der Waals surface area (Å²) in [5.74, 6) is 0.195. The van der Waals surface area contributed by atoms with Gasteiger partial charge in [-0.3, -0.25) is 0 Å². The van der Waals surface area contributed by atoms with Crippen molar-refractivity contribution in [1.82, 2.24) is 0 Å². The van der Waals surface area contributed by atoms with E-state index in [9.17, 15) is 5.11 Å². The summed E-state index contributed by atoms with van der Waals surface area (Å²) in [6.07, 6.45) is 0. The van der Waals surface area contributed by atoms with Crippen molar-refractivity contribution >= 4 is 22.1 Å². The summed E-state index contributed by atoms with van der Waals surface area (Å²) in [6.45, 7) is 0. The van der Waals surface area contributed by atoms with Crippen molar-refractivity contribution in [2.45, 2.75) is 0 Å². The number of phenols is 1. The van der Waals surface area contributed by atoms with Gasteiger partial charge in [0, 0.05) is 11.5 Å². The van der Waals surface area contributed by atoms with E-state index in [1.54, 1.807) is 12.1 Å². The van der Waals surface area contributed by atoms with Crippen LogP contribution in [0.3, 0.4) is 0 Å². The van der Waals surface area contributed by atoms with Crippen LogP contribution in [0.15, 0.2) is 77.0 Å². The molecule has 19 heavy (non-hydrogen) atoms. The van der Waals surface area contributed by atoms with Crippen molar-refractivity contribution < 1.29 is 5.11 Å². The predicted octanol–water partition coefficient (Wildman–Crippen LogP) is 4.96. The molecule has 92 valence electrons. The van der Waals surface area contributed by atoms with Gasteiger partial charge in [-0.2, -0.15) is 5.11 Å². The number of rotatable bonds is 2. The largest absolute Gasteiger partial charge is 0.508 e. The van der Waals surface area contributed by atoms with Crippen LogP contribution in [0.5, 0.6) is 5.75 Å². The standard InChI is InChI=1S/C16H12N2O/c19-14-10-12-6-4-5-9-15(12)16(11-14)18-17-13-7-2-1-3-8-13/h1-11,19H. The smallest absolute Gasteiger partial charge is 0.118 e. The van der Waals surface area contributed by atoms with Gasteiger partial charge in [-0.15, -0.1) is 5.11 Å². The van der Waals surface area contributed by atoms with Crippen LogP contribution in [-0.2, 0) is 0 Å². The Morgan fingerprint density at radius 1 is 0.737 bits per heavy atom. The predicted molar refractivity (Wildman–Crippen MR) is 76.2 cm³/mol. The van der Waals surface area contributed by atoms with Crippen molar-refractivity contribution in [2.24, 2.45) is 10.2 Å². The Labute approximate surface area is 110 Å². The first kappa shape index (κ1) is 11.4. The lowest BCUT2D eigenvalue weighted by Crippen LogP contribution is -1.74. The second-order valence-corrected chi connectivity index (χ2v) is 4.22. The van der Waals surface area contributed by atoms with E-state index in [1.165, 1.54) is 0 Å². The van der Waals surface area contributed by atoms with Crippen LogP contribution < -0.4 is 0 Å². The molecule has 0 aromatic heterocycles. The summed E-state index contributed by atoms with van der Waals surface area (Å²) in [5.41, 5.74) is 1.45. The van der Waals surface area contributed by atoms with E-state index in [2.05, 4.69) is 10.2 Å². The normalized spacial score (nSPS) is 11.2. The number of phenolic OH excluding ortho intramolecular Hbond substituents is 1. The van der Waals surface area contributed by atoms with E-state index in [1.807, 2.05) is 54.6 Å². The van der Waals surface area contributed by atoms with E-state index in [0.29, 0.717) is 5.69 Å². The third-order valence-corrected chi connectivity index (χ3v) is 2.85. The molecule has 3 aromatic carbocycles. The van der Waals surface area contributed by atoms with Gasteiger partial charge in [0.15, 0.2) is 0 Å². The first-order valence-corrected chi connectivity index (χ1v) is 6.01. The van der Waals surface area contributed by atoms with Gasteiger partial charge in [0.05, 0.1) is 11.4 Å². The topological polar surface area (TPSA) is 45.0 Å². The molecule has 0 radical (unpaired) electrons. The number of hydrogen-bond acceptors (Lipinski definition) is 3. The summed E-state index contributed by atoms with van der Waals surface area (Å²) >= 11 is 0. The minimum Gasteiger partial charge on any atom is -0.508 e. The molecule has 3 rings (SSSR count). The van der Waals surface area contributed by atoms with Gasteiger partial charge in [-0.05, 0) is 23.6 Å². The van der Waals surface area contributed by atoms with Crippen LogP contribution in [-0.4, -0.2) is 5.11 Å². The highest BCUT2D eigenvalue weighted by Gasteiger charge is 2.02. The molecule has 0 atom stereocenters. The number of fused-ring (bicyclic) bond motifs is 1. The van der Waals surface area contributed by atoms with Crippen LogP contribution in [0.2, 0.25) is 0 Å². The second-order valence-electron chi connectivity index (χ2n) is 4.22. The zero-order valence-corrected chi connectivity index (χ0v) is 10.2. The minimum atomic E-state index is 0.195. The quantitative estimate of drug-likeness (QED) is 0.640. The molecule has 0 aliphatic rings. The van der Waals surface area contributed by atoms with E-state index < -0.39 is 0 Å². The van der Waals surface area contributed by atoms with Crippen LogP contribution in [0, 0.1) is 0 Å². The Morgan fingerprint density at radius 3 is 2.32 bits per heavy atom.